The fourth-order valence-corrected chi connectivity index (χ4v) is 1.95. The minimum atomic E-state index is -0.226. The monoisotopic (exact) mass is 221 g/mol. The molecule has 0 unspecified atom stereocenters. The Morgan fingerprint density at radius 3 is 3.19 bits per heavy atom. The van der Waals surface area contributed by atoms with Gasteiger partial charge in [-0.2, -0.15) is 0 Å². The van der Waals surface area contributed by atoms with Crippen molar-refractivity contribution < 1.29 is 9.13 Å². The van der Waals surface area contributed by atoms with Crippen molar-refractivity contribution in [3.63, 3.8) is 0 Å². The van der Waals surface area contributed by atoms with Crippen molar-refractivity contribution in [3.8, 4) is 0 Å². The standard InChI is InChI=1S/C11H12FN3O/c12-10-3-1-2-8(4-10)9-5-11(16-7-9)6-14-15-13/h1-4,9,11H,5-7H2/t9-,11+/m0/s1. The van der Waals surface area contributed by atoms with Crippen LogP contribution in [0, 0.1) is 5.82 Å². The van der Waals surface area contributed by atoms with E-state index in [1.807, 2.05) is 6.07 Å². The van der Waals surface area contributed by atoms with Gasteiger partial charge in [-0.1, -0.05) is 17.2 Å². The summed E-state index contributed by atoms with van der Waals surface area (Å²) in [5.41, 5.74) is 9.15. The molecule has 2 rings (SSSR count). The number of rotatable bonds is 3. The van der Waals surface area contributed by atoms with E-state index in [0.717, 1.165) is 12.0 Å². The van der Waals surface area contributed by atoms with Crippen LogP contribution >= 0.6 is 0 Å². The highest BCUT2D eigenvalue weighted by molar-refractivity contribution is 5.21. The summed E-state index contributed by atoms with van der Waals surface area (Å²) in [6.07, 6.45) is 0.742. The molecule has 1 aromatic rings. The van der Waals surface area contributed by atoms with Gasteiger partial charge in [-0.05, 0) is 29.6 Å². The highest BCUT2D eigenvalue weighted by atomic mass is 19.1. The lowest BCUT2D eigenvalue weighted by Gasteiger charge is -2.07. The molecule has 1 saturated heterocycles. The first-order chi connectivity index (χ1) is 7.79. The Morgan fingerprint density at radius 2 is 2.44 bits per heavy atom. The average molecular weight is 221 g/mol. The molecule has 2 atom stereocenters. The summed E-state index contributed by atoms with van der Waals surface area (Å²) in [6, 6.07) is 6.55. The maximum absolute atomic E-state index is 13.0. The maximum Gasteiger partial charge on any atom is 0.123 e. The van der Waals surface area contributed by atoms with E-state index in [4.69, 9.17) is 10.3 Å². The Morgan fingerprint density at radius 1 is 1.56 bits per heavy atom. The Hall–Kier alpha value is -1.58. The number of nitrogens with zero attached hydrogens (tertiary/aromatic N) is 3. The van der Waals surface area contributed by atoms with Crippen molar-refractivity contribution >= 4 is 0 Å². The van der Waals surface area contributed by atoms with E-state index in [0.29, 0.717) is 13.2 Å². The second-order valence-corrected chi connectivity index (χ2v) is 3.86. The molecular weight excluding hydrogens is 209 g/mol. The van der Waals surface area contributed by atoms with E-state index in [2.05, 4.69) is 10.0 Å². The lowest BCUT2D eigenvalue weighted by molar-refractivity contribution is 0.116. The van der Waals surface area contributed by atoms with Crippen LogP contribution < -0.4 is 0 Å². The molecule has 4 nitrogen and oxygen atoms in total. The molecule has 5 heteroatoms. The predicted octanol–water partition coefficient (Wildman–Crippen LogP) is 3.01. The zero-order valence-corrected chi connectivity index (χ0v) is 8.71. The quantitative estimate of drug-likeness (QED) is 0.439. The molecule has 0 N–H and O–H groups in total. The van der Waals surface area contributed by atoms with Gasteiger partial charge in [0.2, 0.25) is 0 Å². The van der Waals surface area contributed by atoms with Gasteiger partial charge in [0.15, 0.2) is 0 Å². The topological polar surface area (TPSA) is 58.0 Å². The Balaban J connectivity index is 2.00. The molecule has 0 radical (unpaired) electrons. The van der Waals surface area contributed by atoms with E-state index >= 15 is 0 Å². The summed E-state index contributed by atoms with van der Waals surface area (Å²) in [5.74, 6) is -0.0226. The number of benzene rings is 1. The van der Waals surface area contributed by atoms with Crippen molar-refractivity contribution in [2.24, 2.45) is 5.11 Å². The van der Waals surface area contributed by atoms with E-state index in [-0.39, 0.29) is 17.8 Å². The molecule has 0 aromatic heterocycles. The van der Waals surface area contributed by atoms with Gasteiger partial charge in [0.25, 0.3) is 0 Å². The van der Waals surface area contributed by atoms with Crippen molar-refractivity contribution in [2.45, 2.75) is 18.4 Å². The number of ether oxygens (including phenoxy) is 1. The summed E-state index contributed by atoms with van der Waals surface area (Å²) in [5, 5.41) is 3.48. The van der Waals surface area contributed by atoms with Crippen molar-refractivity contribution in [1.29, 1.82) is 0 Å². The fraction of sp³-hybridized carbons (Fsp3) is 0.455. The van der Waals surface area contributed by atoms with Gasteiger partial charge in [0.05, 0.1) is 19.3 Å². The minimum absolute atomic E-state index is 0.0378. The third-order valence-corrected chi connectivity index (χ3v) is 2.75. The van der Waals surface area contributed by atoms with Gasteiger partial charge in [-0.25, -0.2) is 4.39 Å². The first-order valence-corrected chi connectivity index (χ1v) is 5.17. The largest absolute Gasteiger partial charge is 0.377 e. The summed E-state index contributed by atoms with van der Waals surface area (Å²) in [6.45, 7) is 0.914. The molecule has 0 amide bonds. The van der Waals surface area contributed by atoms with Crippen LogP contribution in [0.3, 0.4) is 0 Å². The SMILES string of the molecule is [N-]=[N+]=NC[C@H]1C[C@H](c2cccc(F)c2)CO1. The third kappa shape index (κ3) is 2.51. The Kier molecular flexibility index (Phi) is 3.39. The van der Waals surface area contributed by atoms with Gasteiger partial charge in [0.1, 0.15) is 5.82 Å². The molecule has 0 saturated carbocycles. The number of hydrogen-bond acceptors (Lipinski definition) is 2. The van der Waals surface area contributed by atoms with Crippen LogP contribution in [0.15, 0.2) is 29.4 Å². The van der Waals surface area contributed by atoms with Crippen molar-refractivity contribution in [2.75, 3.05) is 13.2 Å². The Labute approximate surface area is 92.7 Å². The summed E-state index contributed by atoms with van der Waals surface area (Å²) in [4.78, 5) is 2.70. The van der Waals surface area contributed by atoms with Crippen LogP contribution in [0.5, 0.6) is 0 Å². The van der Waals surface area contributed by atoms with E-state index in [9.17, 15) is 4.39 Å². The molecule has 0 bridgehead atoms. The third-order valence-electron chi connectivity index (χ3n) is 2.75. The summed E-state index contributed by atoms with van der Waals surface area (Å²) >= 11 is 0. The minimum Gasteiger partial charge on any atom is -0.377 e. The van der Waals surface area contributed by atoms with Crippen molar-refractivity contribution in [1.82, 2.24) is 0 Å². The van der Waals surface area contributed by atoms with Crippen LogP contribution in [0.1, 0.15) is 17.9 Å². The molecule has 1 fully saturated rings. The van der Waals surface area contributed by atoms with Gasteiger partial charge in [-0.3, -0.25) is 0 Å². The number of hydrogen-bond donors (Lipinski definition) is 0. The summed E-state index contributed by atoms with van der Waals surface area (Å²) in [7, 11) is 0. The lowest BCUT2D eigenvalue weighted by Crippen LogP contribution is -2.08. The molecule has 84 valence electrons. The molecule has 1 aliphatic rings. The van der Waals surface area contributed by atoms with Crippen LogP contribution in [0.4, 0.5) is 4.39 Å². The average Bonchev–Trinajstić information content (AvgIpc) is 2.75. The zero-order chi connectivity index (χ0) is 11.4. The molecule has 16 heavy (non-hydrogen) atoms. The molecule has 1 aromatic carbocycles. The smallest absolute Gasteiger partial charge is 0.123 e. The van der Waals surface area contributed by atoms with Crippen LogP contribution in [0.2, 0.25) is 0 Å². The fourth-order valence-electron chi connectivity index (χ4n) is 1.95. The van der Waals surface area contributed by atoms with E-state index in [1.54, 1.807) is 6.07 Å². The molecule has 0 spiro atoms. The van der Waals surface area contributed by atoms with Crippen LogP contribution in [0.25, 0.3) is 10.4 Å². The van der Waals surface area contributed by atoms with E-state index < -0.39 is 0 Å². The number of halogens is 1. The maximum atomic E-state index is 13.0. The van der Waals surface area contributed by atoms with Gasteiger partial charge in [0, 0.05) is 10.8 Å². The zero-order valence-electron chi connectivity index (χ0n) is 8.71. The second-order valence-electron chi connectivity index (χ2n) is 3.86. The van der Waals surface area contributed by atoms with Crippen molar-refractivity contribution in [3.05, 3.63) is 46.1 Å². The van der Waals surface area contributed by atoms with E-state index in [1.165, 1.54) is 12.1 Å². The Bertz CT molecular complexity index is 417. The van der Waals surface area contributed by atoms with Gasteiger partial charge < -0.3 is 4.74 Å². The first-order valence-electron chi connectivity index (χ1n) is 5.17. The van der Waals surface area contributed by atoms with Crippen LogP contribution in [-0.2, 0) is 4.74 Å². The highest BCUT2D eigenvalue weighted by Gasteiger charge is 2.26. The predicted molar refractivity (Wildman–Crippen MR) is 57.5 cm³/mol. The molecular formula is C11H12FN3O. The van der Waals surface area contributed by atoms with Gasteiger partial charge >= 0.3 is 0 Å². The number of azide groups is 1. The molecule has 0 aliphatic carbocycles. The lowest BCUT2D eigenvalue weighted by atomic mass is 9.96. The van der Waals surface area contributed by atoms with Gasteiger partial charge in [-0.15, -0.1) is 0 Å². The first kappa shape index (κ1) is 10.9. The molecule has 1 aliphatic heterocycles. The van der Waals surface area contributed by atoms with Crippen LogP contribution in [-0.4, -0.2) is 19.3 Å². The normalized spacial score (nSPS) is 24.1. The highest BCUT2D eigenvalue weighted by Crippen LogP contribution is 2.29. The molecule has 1 heterocycles. The second kappa shape index (κ2) is 4.96. The summed E-state index contributed by atoms with van der Waals surface area (Å²) < 4.78 is 18.5.